The van der Waals surface area contributed by atoms with E-state index in [1.165, 1.54) is 6.92 Å². The highest BCUT2D eigenvalue weighted by Gasteiger charge is 2.30. The van der Waals surface area contributed by atoms with Crippen molar-refractivity contribution in [2.75, 3.05) is 6.61 Å². The predicted molar refractivity (Wildman–Crippen MR) is 81.2 cm³/mol. The van der Waals surface area contributed by atoms with E-state index in [1.54, 1.807) is 26.0 Å². The van der Waals surface area contributed by atoms with Crippen LogP contribution in [0.2, 0.25) is 0 Å². The summed E-state index contributed by atoms with van der Waals surface area (Å²) in [6.07, 6.45) is 0.0310. The van der Waals surface area contributed by atoms with Gasteiger partial charge in [-0.15, -0.1) is 0 Å². The molecule has 118 valence electrons. The number of aromatic hydroxyl groups is 1. The molecule has 2 rings (SSSR count). The van der Waals surface area contributed by atoms with Crippen molar-refractivity contribution in [1.82, 2.24) is 0 Å². The third kappa shape index (κ3) is 3.13. The fourth-order valence-electron chi connectivity index (χ4n) is 2.24. The summed E-state index contributed by atoms with van der Waals surface area (Å²) < 4.78 is 10.8. The summed E-state index contributed by atoms with van der Waals surface area (Å²) in [4.78, 5) is 22.9. The van der Waals surface area contributed by atoms with Crippen LogP contribution in [0.25, 0.3) is 0 Å². The molecule has 22 heavy (non-hydrogen) atoms. The van der Waals surface area contributed by atoms with Crippen LogP contribution in [-0.2, 0) is 16.0 Å². The number of carbonyl (C=O) groups is 2. The Morgan fingerprint density at radius 3 is 2.73 bits per heavy atom. The minimum absolute atomic E-state index is 0.0422. The van der Waals surface area contributed by atoms with Gasteiger partial charge in [-0.05, 0) is 19.1 Å². The maximum Gasteiger partial charge on any atom is 0.308 e. The first-order valence-electron chi connectivity index (χ1n) is 7.18. The molecule has 0 spiro atoms. The zero-order valence-electron chi connectivity index (χ0n) is 13.0. The molecule has 0 aliphatic carbocycles. The molecule has 0 saturated carbocycles. The molecule has 0 radical (unpaired) electrons. The normalized spacial score (nSPS) is 16.1. The molecule has 5 heteroatoms. The Labute approximate surface area is 129 Å². The number of phenols is 1. The van der Waals surface area contributed by atoms with E-state index in [9.17, 15) is 14.7 Å². The predicted octanol–water partition coefficient (Wildman–Crippen LogP) is 2.65. The standard InChI is InChI=1S/C17H20O5/c1-9(2)17(20)21-8-10(3)15-7-13-14(22-15)6-5-12(11(4)18)16(13)19/h5-6,9,15,19H,3,7-8H2,1-2,4H3/t15-/m0/s1. The van der Waals surface area contributed by atoms with Crippen LogP contribution in [0.5, 0.6) is 11.5 Å². The van der Waals surface area contributed by atoms with Crippen molar-refractivity contribution in [1.29, 1.82) is 0 Å². The first kappa shape index (κ1) is 16.1. The van der Waals surface area contributed by atoms with Gasteiger partial charge in [0.1, 0.15) is 24.2 Å². The van der Waals surface area contributed by atoms with Crippen molar-refractivity contribution >= 4 is 11.8 Å². The largest absolute Gasteiger partial charge is 0.507 e. The number of phenolic OH excluding ortho intramolecular Hbond substituents is 1. The maximum atomic E-state index is 11.5. The van der Waals surface area contributed by atoms with Gasteiger partial charge in [0.25, 0.3) is 0 Å². The topological polar surface area (TPSA) is 72.8 Å². The van der Waals surface area contributed by atoms with E-state index >= 15 is 0 Å². The lowest BCUT2D eigenvalue weighted by atomic mass is 10.0. The average molecular weight is 304 g/mol. The number of ketones is 1. The summed E-state index contributed by atoms with van der Waals surface area (Å²) in [6, 6.07) is 3.21. The van der Waals surface area contributed by atoms with Crippen LogP contribution in [-0.4, -0.2) is 29.6 Å². The summed E-state index contributed by atoms with van der Waals surface area (Å²) in [5.74, 6) is -0.202. The second-order valence-electron chi connectivity index (χ2n) is 5.73. The second kappa shape index (κ2) is 6.22. The third-order valence-corrected chi connectivity index (χ3v) is 3.60. The van der Waals surface area contributed by atoms with E-state index in [-0.39, 0.29) is 41.7 Å². The fourth-order valence-corrected chi connectivity index (χ4v) is 2.24. The molecule has 0 unspecified atom stereocenters. The van der Waals surface area contributed by atoms with Crippen LogP contribution in [0.15, 0.2) is 24.3 Å². The fraction of sp³-hybridized carbons (Fsp3) is 0.412. The third-order valence-electron chi connectivity index (χ3n) is 3.60. The summed E-state index contributed by atoms with van der Waals surface area (Å²) in [5, 5.41) is 10.2. The molecule has 5 nitrogen and oxygen atoms in total. The Bertz CT molecular complexity index is 630. The van der Waals surface area contributed by atoms with Crippen LogP contribution in [0, 0.1) is 5.92 Å². The number of hydrogen-bond acceptors (Lipinski definition) is 5. The van der Waals surface area contributed by atoms with Crippen LogP contribution in [0.3, 0.4) is 0 Å². The zero-order chi connectivity index (χ0) is 16.4. The lowest BCUT2D eigenvalue weighted by Crippen LogP contribution is -2.22. The van der Waals surface area contributed by atoms with Gasteiger partial charge < -0.3 is 14.6 Å². The average Bonchev–Trinajstić information content (AvgIpc) is 2.89. The molecule has 1 aliphatic heterocycles. The van der Waals surface area contributed by atoms with Gasteiger partial charge in [0.15, 0.2) is 5.78 Å². The van der Waals surface area contributed by atoms with Crippen molar-refractivity contribution in [3.63, 3.8) is 0 Å². The minimum Gasteiger partial charge on any atom is -0.507 e. The van der Waals surface area contributed by atoms with Gasteiger partial charge >= 0.3 is 5.97 Å². The molecule has 1 aromatic carbocycles. The molecule has 0 fully saturated rings. The maximum absolute atomic E-state index is 11.5. The van der Waals surface area contributed by atoms with Gasteiger partial charge in [-0.2, -0.15) is 0 Å². The van der Waals surface area contributed by atoms with Gasteiger partial charge in [-0.1, -0.05) is 20.4 Å². The number of Topliss-reactive ketones (excluding diaryl/α,β-unsaturated/α-hetero) is 1. The molecule has 1 N–H and O–H groups in total. The summed E-state index contributed by atoms with van der Waals surface area (Å²) in [5.41, 5.74) is 1.49. The quantitative estimate of drug-likeness (QED) is 0.514. The van der Waals surface area contributed by atoms with Crippen LogP contribution in [0.1, 0.15) is 36.7 Å². The first-order valence-corrected chi connectivity index (χ1v) is 7.18. The molecule has 1 aromatic rings. The number of fused-ring (bicyclic) bond motifs is 1. The molecule has 1 aliphatic rings. The number of benzene rings is 1. The molecule has 1 heterocycles. The number of esters is 1. The van der Waals surface area contributed by atoms with Crippen LogP contribution in [0.4, 0.5) is 0 Å². The zero-order valence-corrected chi connectivity index (χ0v) is 13.0. The van der Waals surface area contributed by atoms with E-state index in [0.717, 1.165) is 0 Å². The smallest absolute Gasteiger partial charge is 0.308 e. The van der Waals surface area contributed by atoms with Crippen LogP contribution >= 0.6 is 0 Å². The molecular weight excluding hydrogens is 284 g/mol. The monoisotopic (exact) mass is 304 g/mol. The Morgan fingerprint density at radius 2 is 2.14 bits per heavy atom. The SMILES string of the molecule is C=C(COC(=O)C(C)C)[C@@H]1Cc2c(ccc(C(C)=O)c2O)O1. The van der Waals surface area contributed by atoms with E-state index in [1.807, 2.05) is 0 Å². The molecule has 0 saturated heterocycles. The van der Waals surface area contributed by atoms with Crippen molar-refractivity contribution < 1.29 is 24.2 Å². The van der Waals surface area contributed by atoms with E-state index in [4.69, 9.17) is 9.47 Å². The summed E-state index contributed by atoms with van der Waals surface area (Å²) >= 11 is 0. The van der Waals surface area contributed by atoms with Crippen molar-refractivity contribution in [3.8, 4) is 11.5 Å². The van der Waals surface area contributed by atoms with E-state index < -0.39 is 0 Å². The van der Waals surface area contributed by atoms with Gasteiger partial charge in [-0.25, -0.2) is 0 Å². The highest BCUT2D eigenvalue weighted by molar-refractivity contribution is 5.97. The van der Waals surface area contributed by atoms with E-state index in [2.05, 4.69) is 6.58 Å². The summed E-state index contributed by atoms with van der Waals surface area (Å²) in [7, 11) is 0. The van der Waals surface area contributed by atoms with Gasteiger partial charge in [0.05, 0.1) is 11.5 Å². The molecule has 1 atom stereocenters. The van der Waals surface area contributed by atoms with Crippen molar-refractivity contribution in [2.45, 2.75) is 33.3 Å². The molecule has 0 bridgehead atoms. The molecule has 0 aromatic heterocycles. The number of carbonyl (C=O) groups excluding carboxylic acids is 2. The highest BCUT2D eigenvalue weighted by Crippen LogP contribution is 2.39. The minimum atomic E-state index is -0.372. The Balaban J connectivity index is 2.06. The van der Waals surface area contributed by atoms with Gasteiger partial charge in [0.2, 0.25) is 0 Å². The number of rotatable bonds is 5. The van der Waals surface area contributed by atoms with Crippen molar-refractivity contribution in [2.24, 2.45) is 5.92 Å². The Kier molecular flexibility index (Phi) is 4.54. The Hall–Kier alpha value is -2.30. The summed E-state index contributed by atoms with van der Waals surface area (Å²) in [6.45, 7) is 8.89. The Morgan fingerprint density at radius 1 is 1.45 bits per heavy atom. The second-order valence-corrected chi connectivity index (χ2v) is 5.73. The molecule has 0 amide bonds. The van der Waals surface area contributed by atoms with Crippen molar-refractivity contribution in [3.05, 3.63) is 35.4 Å². The van der Waals surface area contributed by atoms with Gasteiger partial charge in [-0.3, -0.25) is 9.59 Å². The van der Waals surface area contributed by atoms with Crippen LogP contribution < -0.4 is 4.74 Å². The molecular formula is C17H20O5. The van der Waals surface area contributed by atoms with E-state index in [0.29, 0.717) is 23.3 Å². The first-order chi connectivity index (χ1) is 10.3. The lowest BCUT2D eigenvalue weighted by molar-refractivity contribution is -0.146. The van der Waals surface area contributed by atoms with Gasteiger partial charge in [0, 0.05) is 17.6 Å². The lowest BCUT2D eigenvalue weighted by Gasteiger charge is -2.14. The number of ether oxygens (including phenoxy) is 2. The number of hydrogen-bond donors (Lipinski definition) is 1. The highest BCUT2D eigenvalue weighted by atomic mass is 16.5.